The van der Waals surface area contributed by atoms with E-state index in [1.165, 1.54) is 0 Å². The van der Waals surface area contributed by atoms with Crippen molar-refractivity contribution in [3.8, 4) is 0 Å². The van der Waals surface area contributed by atoms with E-state index in [0.29, 0.717) is 5.82 Å². The molecule has 0 fully saturated rings. The summed E-state index contributed by atoms with van der Waals surface area (Å²) in [5, 5.41) is 9.68. The van der Waals surface area contributed by atoms with Crippen LogP contribution in [0.2, 0.25) is 0 Å². The number of anilines is 1. The van der Waals surface area contributed by atoms with Crippen molar-refractivity contribution >= 4 is 5.82 Å². The molecule has 1 aromatic heterocycles. The zero-order chi connectivity index (χ0) is 8.97. The summed E-state index contributed by atoms with van der Waals surface area (Å²) in [4.78, 5) is 0. The Hall–Kier alpha value is -1.26. The van der Waals surface area contributed by atoms with E-state index < -0.39 is 13.0 Å². The van der Waals surface area contributed by atoms with Crippen LogP contribution in [0, 0.1) is 6.92 Å². The first kappa shape index (κ1) is 8.83. The van der Waals surface area contributed by atoms with Crippen molar-refractivity contribution in [2.45, 2.75) is 13.3 Å². The van der Waals surface area contributed by atoms with Gasteiger partial charge in [0.05, 0.1) is 12.7 Å². The third-order valence-electron chi connectivity index (χ3n) is 1.23. The highest BCUT2D eigenvalue weighted by molar-refractivity contribution is 5.34. The molecule has 0 aliphatic heterocycles. The molecule has 0 aliphatic rings. The molecule has 0 aliphatic carbocycles. The quantitative estimate of drug-likeness (QED) is 0.751. The average molecular weight is 173 g/mol. The number of nitrogens with one attached hydrogen (secondary N) is 1. The van der Waals surface area contributed by atoms with E-state index in [2.05, 4.69) is 15.5 Å². The van der Waals surface area contributed by atoms with Gasteiger partial charge in [0.25, 0.3) is 6.43 Å². The summed E-state index contributed by atoms with van der Waals surface area (Å²) in [5.74, 6) is 0.385. The molecule has 0 atom stereocenters. The summed E-state index contributed by atoms with van der Waals surface area (Å²) in [5.41, 5.74) is 0.891. The lowest BCUT2D eigenvalue weighted by Gasteiger charge is -2.03. The van der Waals surface area contributed by atoms with Crippen LogP contribution < -0.4 is 5.32 Å². The van der Waals surface area contributed by atoms with E-state index in [-0.39, 0.29) is 0 Å². The third-order valence-corrected chi connectivity index (χ3v) is 1.23. The monoisotopic (exact) mass is 173 g/mol. The minimum Gasteiger partial charge on any atom is -0.363 e. The second-order valence-corrected chi connectivity index (χ2v) is 2.39. The Balaban J connectivity index is 2.52. The molecule has 0 bridgehead atoms. The Bertz CT molecular complexity index is 252. The minimum absolute atomic E-state index is 0.385. The van der Waals surface area contributed by atoms with Gasteiger partial charge in [-0.3, -0.25) is 0 Å². The van der Waals surface area contributed by atoms with Crippen LogP contribution in [0.1, 0.15) is 5.56 Å². The van der Waals surface area contributed by atoms with Gasteiger partial charge in [0.15, 0.2) is 0 Å². The Morgan fingerprint density at radius 2 is 2.33 bits per heavy atom. The molecule has 0 radical (unpaired) electrons. The first-order valence-corrected chi connectivity index (χ1v) is 3.50. The van der Waals surface area contributed by atoms with Gasteiger partial charge in [-0.05, 0) is 18.6 Å². The van der Waals surface area contributed by atoms with Crippen LogP contribution in [-0.2, 0) is 0 Å². The highest BCUT2D eigenvalue weighted by Crippen LogP contribution is 2.03. The third kappa shape index (κ3) is 2.77. The largest absolute Gasteiger partial charge is 0.363 e. The first-order valence-electron chi connectivity index (χ1n) is 3.50. The van der Waals surface area contributed by atoms with Crippen LogP contribution in [-0.4, -0.2) is 23.2 Å². The van der Waals surface area contributed by atoms with Crippen LogP contribution in [0.25, 0.3) is 0 Å². The second-order valence-electron chi connectivity index (χ2n) is 2.39. The fraction of sp³-hybridized carbons (Fsp3) is 0.429. The molecular weight excluding hydrogens is 164 g/mol. The number of hydrogen-bond acceptors (Lipinski definition) is 3. The van der Waals surface area contributed by atoms with Gasteiger partial charge in [-0.2, -0.15) is 5.10 Å². The van der Waals surface area contributed by atoms with E-state index >= 15 is 0 Å². The van der Waals surface area contributed by atoms with E-state index in [1.807, 2.05) is 6.92 Å². The number of nitrogens with zero attached hydrogens (tertiary/aromatic N) is 2. The van der Waals surface area contributed by atoms with Gasteiger partial charge < -0.3 is 5.32 Å². The summed E-state index contributed by atoms with van der Waals surface area (Å²) in [7, 11) is 0. The molecule has 0 aromatic carbocycles. The average Bonchev–Trinajstić information content (AvgIpc) is 2.01. The van der Waals surface area contributed by atoms with Crippen molar-refractivity contribution in [3.05, 3.63) is 17.8 Å². The van der Waals surface area contributed by atoms with Gasteiger partial charge in [0.1, 0.15) is 5.82 Å². The molecule has 3 nitrogen and oxygen atoms in total. The maximum atomic E-state index is 11.7. The van der Waals surface area contributed by atoms with Gasteiger partial charge in [-0.1, -0.05) is 0 Å². The number of alkyl halides is 2. The van der Waals surface area contributed by atoms with Gasteiger partial charge in [-0.15, -0.1) is 5.10 Å². The van der Waals surface area contributed by atoms with Crippen molar-refractivity contribution < 1.29 is 8.78 Å². The number of halogens is 2. The molecule has 1 N–H and O–H groups in total. The van der Waals surface area contributed by atoms with Crippen LogP contribution in [0.15, 0.2) is 12.3 Å². The summed E-state index contributed by atoms with van der Waals surface area (Å²) >= 11 is 0. The van der Waals surface area contributed by atoms with Crippen LogP contribution in [0.4, 0.5) is 14.6 Å². The summed E-state index contributed by atoms with van der Waals surface area (Å²) in [6.07, 6.45) is -0.805. The topological polar surface area (TPSA) is 37.8 Å². The molecule has 1 heterocycles. The SMILES string of the molecule is Cc1cnnc(NCC(F)F)c1. The zero-order valence-corrected chi connectivity index (χ0v) is 6.59. The molecule has 12 heavy (non-hydrogen) atoms. The van der Waals surface area contributed by atoms with Crippen molar-refractivity contribution in [1.82, 2.24) is 10.2 Å². The van der Waals surface area contributed by atoms with Crippen molar-refractivity contribution in [3.63, 3.8) is 0 Å². The zero-order valence-electron chi connectivity index (χ0n) is 6.59. The van der Waals surface area contributed by atoms with Crippen molar-refractivity contribution in [2.24, 2.45) is 0 Å². The van der Waals surface area contributed by atoms with Crippen LogP contribution >= 0.6 is 0 Å². The molecule has 5 heteroatoms. The van der Waals surface area contributed by atoms with E-state index in [1.54, 1.807) is 12.3 Å². The maximum Gasteiger partial charge on any atom is 0.255 e. The van der Waals surface area contributed by atoms with Crippen LogP contribution in [0.5, 0.6) is 0 Å². The fourth-order valence-electron chi connectivity index (χ4n) is 0.732. The molecular formula is C7H9F2N3. The lowest BCUT2D eigenvalue weighted by molar-refractivity contribution is 0.163. The standard InChI is InChI=1S/C7H9F2N3/c1-5-2-7(12-11-3-5)10-4-6(8)9/h2-3,6H,4H2,1H3,(H,10,12). The predicted octanol–water partition coefficient (Wildman–Crippen LogP) is 1.46. The highest BCUT2D eigenvalue weighted by Gasteiger charge is 2.01. The molecule has 0 saturated heterocycles. The van der Waals surface area contributed by atoms with Gasteiger partial charge in [0, 0.05) is 0 Å². The summed E-state index contributed by atoms with van der Waals surface area (Å²) in [6.45, 7) is 1.43. The lowest BCUT2D eigenvalue weighted by atomic mass is 10.3. The van der Waals surface area contributed by atoms with E-state index in [9.17, 15) is 8.78 Å². The van der Waals surface area contributed by atoms with E-state index in [0.717, 1.165) is 5.56 Å². The molecule has 0 spiro atoms. The predicted molar refractivity (Wildman–Crippen MR) is 41.3 cm³/mol. The molecule has 1 rings (SSSR count). The Morgan fingerprint density at radius 3 is 2.92 bits per heavy atom. The van der Waals surface area contributed by atoms with Gasteiger partial charge in [-0.25, -0.2) is 8.78 Å². The highest BCUT2D eigenvalue weighted by atomic mass is 19.3. The lowest BCUT2D eigenvalue weighted by Crippen LogP contribution is -2.11. The summed E-state index contributed by atoms with van der Waals surface area (Å²) < 4.78 is 23.4. The number of aryl methyl sites for hydroxylation is 1. The smallest absolute Gasteiger partial charge is 0.255 e. The Kier molecular flexibility index (Phi) is 2.90. The number of aromatic nitrogens is 2. The van der Waals surface area contributed by atoms with Gasteiger partial charge >= 0.3 is 0 Å². The Labute approximate surface area is 68.8 Å². The molecule has 0 amide bonds. The fourth-order valence-corrected chi connectivity index (χ4v) is 0.732. The van der Waals surface area contributed by atoms with E-state index in [4.69, 9.17) is 0 Å². The van der Waals surface area contributed by atoms with Crippen molar-refractivity contribution in [1.29, 1.82) is 0 Å². The summed E-state index contributed by atoms with van der Waals surface area (Å²) in [6, 6.07) is 1.66. The normalized spacial score (nSPS) is 10.3. The molecule has 0 unspecified atom stereocenters. The molecule has 66 valence electrons. The minimum atomic E-state index is -2.37. The molecule has 1 aromatic rings. The number of hydrogen-bond donors (Lipinski definition) is 1. The van der Waals surface area contributed by atoms with Crippen LogP contribution in [0.3, 0.4) is 0 Å². The maximum absolute atomic E-state index is 11.7. The number of rotatable bonds is 3. The molecule has 0 saturated carbocycles. The second kappa shape index (κ2) is 3.94. The Morgan fingerprint density at radius 1 is 1.58 bits per heavy atom. The first-order chi connectivity index (χ1) is 5.68. The van der Waals surface area contributed by atoms with Gasteiger partial charge in [0.2, 0.25) is 0 Å². The van der Waals surface area contributed by atoms with Crippen molar-refractivity contribution in [2.75, 3.05) is 11.9 Å².